The van der Waals surface area contributed by atoms with Crippen LogP contribution in [-0.2, 0) is 16.1 Å². The number of benzene rings is 1. The molecule has 1 saturated heterocycles. The molecule has 0 saturated carbocycles. The van der Waals surface area contributed by atoms with Crippen LogP contribution in [0.15, 0.2) is 24.3 Å². The van der Waals surface area contributed by atoms with Crippen LogP contribution in [0.25, 0.3) is 0 Å². The van der Waals surface area contributed by atoms with Crippen molar-refractivity contribution in [2.24, 2.45) is 0 Å². The minimum atomic E-state index is 0.0156. The summed E-state index contributed by atoms with van der Waals surface area (Å²) >= 11 is 0. The minimum Gasteiger partial charge on any atom is -0.340 e. The maximum absolute atomic E-state index is 12.4. The molecule has 5 nitrogen and oxygen atoms in total. The minimum absolute atomic E-state index is 0.0156. The summed E-state index contributed by atoms with van der Waals surface area (Å²) in [5, 5.41) is 0. The van der Waals surface area contributed by atoms with Crippen molar-refractivity contribution in [2.75, 3.05) is 39.3 Å². The smallest absolute Gasteiger partial charge is 0.224 e. The number of amides is 2. The zero-order valence-electron chi connectivity index (χ0n) is 15.1. The Kier molecular flexibility index (Phi) is 6.79. The largest absolute Gasteiger partial charge is 0.340 e. The molecular formula is C19H29N3O2. The Balaban J connectivity index is 1.86. The third-order valence-electron chi connectivity index (χ3n) is 4.84. The van der Waals surface area contributed by atoms with E-state index >= 15 is 0 Å². The summed E-state index contributed by atoms with van der Waals surface area (Å²) in [6.07, 6.45) is 0.400. The van der Waals surface area contributed by atoms with Crippen LogP contribution in [0.3, 0.4) is 0 Å². The Morgan fingerprint density at radius 3 is 2.38 bits per heavy atom. The van der Waals surface area contributed by atoms with Crippen LogP contribution < -0.4 is 0 Å². The monoisotopic (exact) mass is 331 g/mol. The Labute approximate surface area is 145 Å². The van der Waals surface area contributed by atoms with Crippen LogP contribution >= 0.6 is 0 Å². The normalized spacial score (nSPS) is 15.4. The van der Waals surface area contributed by atoms with E-state index in [9.17, 15) is 9.59 Å². The SMILES string of the molecule is CCN1CCN(C(=O)CCN(Cc2ccccc2C)C(C)=O)CC1. The summed E-state index contributed by atoms with van der Waals surface area (Å²) < 4.78 is 0. The average Bonchev–Trinajstić information content (AvgIpc) is 2.59. The first-order valence-electron chi connectivity index (χ1n) is 8.81. The van der Waals surface area contributed by atoms with Gasteiger partial charge >= 0.3 is 0 Å². The second-order valence-corrected chi connectivity index (χ2v) is 6.43. The van der Waals surface area contributed by atoms with Crippen molar-refractivity contribution < 1.29 is 9.59 Å². The number of hydrogen-bond donors (Lipinski definition) is 0. The lowest BCUT2D eigenvalue weighted by atomic mass is 10.1. The fraction of sp³-hybridized carbons (Fsp3) is 0.579. The lowest BCUT2D eigenvalue weighted by Crippen LogP contribution is -2.49. The van der Waals surface area contributed by atoms with Gasteiger partial charge in [0.05, 0.1) is 0 Å². The second kappa shape index (κ2) is 8.83. The Hall–Kier alpha value is -1.88. The molecule has 1 aliphatic heterocycles. The molecule has 1 heterocycles. The molecule has 2 rings (SSSR count). The molecule has 24 heavy (non-hydrogen) atoms. The fourth-order valence-electron chi connectivity index (χ4n) is 3.04. The van der Waals surface area contributed by atoms with E-state index in [1.54, 1.807) is 11.8 Å². The van der Waals surface area contributed by atoms with Gasteiger partial charge in [-0.3, -0.25) is 9.59 Å². The highest BCUT2D eigenvalue weighted by Gasteiger charge is 2.21. The summed E-state index contributed by atoms with van der Waals surface area (Å²) in [7, 11) is 0. The number of nitrogens with zero attached hydrogens (tertiary/aromatic N) is 3. The van der Waals surface area contributed by atoms with Gasteiger partial charge in [0.2, 0.25) is 11.8 Å². The molecule has 0 bridgehead atoms. The van der Waals surface area contributed by atoms with E-state index in [1.807, 2.05) is 36.1 Å². The molecule has 0 spiro atoms. The second-order valence-electron chi connectivity index (χ2n) is 6.43. The molecule has 0 N–H and O–H groups in total. The highest BCUT2D eigenvalue weighted by atomic mass is 16.2. The number of aryl methyl sites for hydroxylation is 1. The molecule has 0 unspecified atom stereocenters. The maximum atomic E-state index is 12.4. The van der Waals surface area contributed by atoms with E-state index in [1.165, 1.54) is 5.56 Å². The van der Waals surface area contributed by atoms with Gasteiger partial charge in [0.15, 0.2) is 0 Å². The van der Waals surface area contributed by atoms with E-state index in [-0.39, 0.29) is 11.8 Å². The van der Waals surface area contributed by atoms with Crippen molar-refractivity contribution in [1.29, 1.82) is 0 Å². The molecule has 0 radical (unpaired) electrons. The van der Waals surface area contributed by atoms with Gasteiger partial charge in [0, 0.05) is 52.6 Å². The van der Waals surface area contributed by atoms with Gasteiger partial charge in [-0.15, -0.1) is 0 Å². The van der Waals surface area contributed by atoms with Crippen molar-refractivity contribution in [3.63, 3.8) is 0 Å². The molecule has 132 valence electrons. The molecule has 0 aromatic heterocycles. The molecular weight excluding hydrogens is 302 g/mol. The van der Waals surface area contributed by atoms with E-state index in [4.69, 9.17) is 0 Å². The summed E-state index contributed by atoms with van der Waals surface area (Å²) in [5.41, 5.74) is 2.31. The predicted molar refractivity (Wildman–Crippen MR) is 95.6 cm³/mol. The molecule has 1 aromatic carbocycles. The number of carbonyl (C=O) groups is 2. The maximum Gasteiger partial charge on any atom is 0.224 e. The standard InChI is InChI=1S/C19H29N3O2/c1-4-20-11-13-21(14-12-20)19(24)9-10-22(17(3)23)15-18-8-6-5-7-16(18)2/h5-8H,4,9-15H2,1-3H3. The van der Waals surface area contributed by atoms with Crippen LogP contribution in [-0.4, -0.2) is 65.8 Å². The summed E-state index contributed by atoms with van der Waals surface area (Å²) in [6, 6.07) is 8.07. The summed E-state index contributed by atoms with van der Waals surface area (Å²) in [4.78, 5) is 30.4. The zero-order chi connectivity index (χ0) is 17.5. The molecule has 1 fully saturated rings. The molecule has 1 aromatic rings. The quantitative estimate of drug-likeness (QED) is 0.800. The molecule has 5 heteroatoms. The Morgan fingerprint density at radius 1 is 1.12 bits per heavy atom. The van der Waals surface area contributed by atoms with Gasteiger partial charge in [-0.2, -0.15) is 0 Å². The van der Waals surface area contributed by atoms with Gasteiger partial charge in [-0.05, 0) is 24.6 Å². The number of carbonyl (C=O) groups excluding carboxylic acids is 2. The number of hydrogen-bond acceptors (Lipinski definition) is 3. The van der Waals surface area contributed by atoms with Gasteiger partial charge < -0.3 is 14.7 Å². The first kappa shape index (κ1) is 18.5. The third kappa shape index (κ3) is 5.06. The fourth-order valence-corrected chi connectivity index (χ4v) is 3.04. The first-order chi connectivity index (χ1) is 11.5. The van der Waals surface area contributed by atoms with Gasteiger partial charge in [-0.25, -0.2) is 0 Å². The molecule has 1 aliphatic rings. The third-order valence-corrected chi connectivity index (χ3v) is 4.84. The molecule has 2 amide bonds. The average molecular weight is 331 g/mol. The lowest BCUT2D eigenvalue weighted by Gasteiger charge is -2.34. The lowest BCUT2D eigenvalue weighted by molar-refractivity contribution is -0.135. The molecule has 0 atom stereocenters. The Bertz CT molecular complexity index is 565. The van der Waals surface area contributed by atoms with Gasteiger partial charge in [-0.1, -0.05) is 31.2 Å². The van der Waals surface area contributed by atoms with Gasteiger partial charge in [0.1, 0.15) is 0 Å². The van der Waals surface area contributed by atoms with Crippen molar-refractivity contribution >= 4 is 11.8 Å². The summed E-state index contributed by atoms with van der Waals surface area (Å²) in [6.45, 7) is 11.3. The van der Waals surface area contributed by atoms with Crippen molar-refractivity contribution in [1.82, 2.24) is 14.7 Å². The number of rotatable bonds is 6. The van der Waals surface area contributed by atoms with Crippen molar-refractivity contribution in [3.05, 3.63) is 35.4 Å². The van der Waals surface area contributed by atoms with Crippen LogP contribution in [0.4, 0.5) is 0 Å². The van der Waals surface area contributed by atoms with E-state index in [0.717, 1.165) is 38.3 Å². The zero-order valence-corrected chi connectivity index (χ0v) is 15.1. The van der Waals surface area contributed by atoms with Crippen LogP contribution in [0.2, 0.25) is 0 Å². The summed E-state index contributed by atoms with van der Waals surface area (Å²) in [5.74, 6) is 0.170. The van der Waals surface area contributed by atoms with Crippen LogP contribution in [0.1, 0.15) is 31.4 Å². The topological polar surface area (TPSA) is 43.9 Å². The highest BCUT2D eigenvalue weighted by molar-refractivity contribution is 5.78. The first-order valence-corrected chi connectivity index (χ1v) is 8.81. The van der Waals surface area contributed by atoms with Gasteiger partial charge in [0.25, 0.3) is 0 Å². The Morgan fingerprint density at radius 2 is 1.79 bits per heavy atom. The van der Waals surface area contributed by atoms with Crippen molar-refractivity contribution in [3.8, 4) is 0 Å². The van der Waals surface area contributed by atoms with E-state index in [0.29, 0.717) is 19.5 Å². The number of likely N-dealkylation sites (N-methyl/N-ethyl adjacent to an activating group) is 1. The van der Waals surface area contributed by atoms with E-state index < -0.39 is 0 Å². The van der Waals surface area contributed by atoms with Crippen LogP contribution in [0, 0.1) is 6.92 Å². The van der Waals surface area contributed by atoms with Crippen LogP contribution in [0.5, 0.6) is 0 Å². The highest BCUT2D eigenvalue weighted by Crippen LogP contribution is 2.12. The predicted octanol–water partition coefficient (Wildman–Crippen LogP) is 1.90. The number of piperazine rings is 1. The van der Waals surface area contributed by atoms with E-state index in [2.05, 4.69) is 11.8 Å². The molecule has 0 aliphatic carbocycles. The van der Waals surface area contributed by atoms with Crippen molar-refractivity contribution in [2.45, 2.75) is 33.7 Å².